The minimum absolute atomic E-state index is 0. The molecule has 0 radical (unpaired) electrons. The third kappa shape index (κ3) is 21.7. The Hall–Kier alpha value is -1.71. The zero-order chi connectivity index (χ0) is 32.3. The summed E-state index contributed by atoms with van der Waals surface area (Å²) in [5, 5.41) is 9.28. The van der Waals surface area contributed by atoms with Gasteiger partial charge in [-0.2, -0.15) is 0 Å². The average molecular weight is 714 g/mol. The van der Waals surface area contributed by atoms with E-state index < -0.39 is 12.1 Å². The number of rotatable bonds is 27. The standard InChI is InChI=1S/C36H64N4O3S.BrH/c1-5-9-10-11-12-13-14-15-16-17-21-27-34(44)37-28-23-22-26-33(35(41)38-29-30-40(6-2,7-3)8-4)39-36(42)43-31-32-24-19-18-20-25-32;/h18-20,24-25,33H,5-17,21-23,26-31H2,1-4H3,(H2-,37,38,39,41,42,44);1H/t33-;/m0./s1. The van der Waals surface area contributed by atoms with E-state index in [4.69, 9.17) is 17.0 Å². The number of nitrogens with zero attached hydrogens (tertiary/aromatic N) is 1. The first-order valence-electron chi connectivity index (χ1n) is 17.8. The molecule has 2 amide bonds. The second-order valence-electron chi connectivity index (χ2n) is 12.2. The minimum Gasteiger partial charge on any atom is -1.00 e. The van der Waals surface area contributed by atoms with E-state index in [1.165, 1.54) is 64.2 Å². The number of nitrogens with one attached hydrogen (secondary N) is 3. The zero-order valence-corrected chi connectivity index (χ0v) is 31.4. The van der Waals surface area contributed by atoms with Gasteiger partial charge in [0.2, 0.25) is 5.91 Å². The summed E-state index contributed by atoms with van der Waals surface area (Å²) in [7, 11) is 0. The molecule has 7 nitrogen and oxygen atoms in total. The van der Waals surface area contributed by atoms with E-state index in [0.717, 1.165) is 73.4 Å². The maximum absolute atomic E-state index is 13.1. The van der Waals surface area contributed by atoms with Crippen molar-refractivity contribution in [3.8, 4) is 0 Å². The highest BCUT2D eigenvalue weighted by Gasteiger charge is 2.24. The van der Waals surface area contributed by atoms with Crippen LogP contribution >= 0.6 is 12.2 Å². The quantitative estimate of drug-likeness (QED) is 0.0675. The minimum atomic E-state index is -0.631. The molecule has 0 aliphatic rings. The SMILES string of the molecule is CCCCCCCCCCCCCC(=S)NCCCC[C@H](NC(=O)OCc1ccccc1)C(=O)NCC[N+](CC)(CC)CC.[Br-]. The van der Waals surface area contributed by atoms with E-state index in [9.17, 15) is 9.59 Å². The number of halogens is 1. The molecule has 0 unspecified atom stereocenters. The van der Waals surface area contributed by atoms with Crippen molar-refractivity contribution in [2.24, 2.45) is 0 Å². The Morgan fingerprint density at radius 1 is 0.756 bits per heavy atom. The summed E-state index contributed by atoms with van der Waals surface area (Å²) >= 11 is 5.55. The molecule has 0 heterocycles. The van der Waals surface area contributed by atoms with E-state index in [0.29, 0.717) is 13.0 Å². The largest absolute Gasteiger partial charge is 1.00 e. The molecule has 0 spiro atoms. The zero-order valence-electron chi connectivity index (χ0n) is 29.0. The average Bonchev–Trinajstić information content (AvgIpc) is 3.04. The van der Waals surface area contributed by atoms with Crippen molar-refractivity contribution in [2.45, 2.75) is 137 Å². The van der Waals surface area contributed by atoms with Crippen LogP contribution in [0.2, 0.25) is 0 Å². The first-order chi connectivity index (χ1) is 21.4. The highest BCUT2D eigenvalue weighted by atomic mass is 79.9. The number of amides is 2. The highest BCUT2D eigenvalue weighted by molar-refractivity contribution is 7.80. The third-order valence-corrected chi connectivity index (χ3v) is 9.32. The summed E-state index contributed by atoms with van der Waals surface area (Å²) in [5.41, 5.74) is 0.909. The predicted octanol–water partition coefficient (Wildman–Crippen LogP) is 5.07. The molecule has 0 bridgehead atoms. The van der Waals surface area contributed by atoms with Gasteiger partial charge in [-0.15, -0.1) is 0 Å². The number of carbonyl (C=O) groups excluding carboxylic acids is 2. The third-order valence-electron chi connectivity index (χ3n) is 8.97. The van der Waals surface area contributed by atoms with Crippen LogP contribution in [0, 0.1) is 0 Å². The van der Waals surface area contributed by atoms with Crippen molar-refractivity contribution in [1.82, 2.24) is 16.0 Å². The molecule has 0 fully saturated rings. The first kappa shape index (κ1) is 43.3. The monoisotopic (exact) mass is 712 g/mol. The van der Waals surface area contributed by atoms with Crippen molar-refractivity contribution in [2.75, 3.05) is 39.3 Å². The highest BCUT2D eigenvalue weighted by Crippen LogP contribution is 2.12. The number of likely N-dealkylation sites (N-methyl/N-ethyl adjacent to an activating group) is 1. The summed E-state index contributed by atoms with van der Waals surface area (Å²) in [6.45, 7) is 14.4. The fourth-order valence-corrected chi connectivity index (χ4v) is 5.85. The van der Waals surface area contributed by atoms with Crippen molar-refractivity contribution < 1.29 is 35.8 Å². The lowest BCUT2D eigenvalue weighted by atomic mass is 10.1. The first-order valence-corrected chi connectivity index (χ1v) is 18.2. The number of hydrogen-bond donors (Lipinski definition) is 3. The predicted molar refractivity (Wildman–Crippen MR) is 189 cm³/mol. The Morgan fingerprint density at radius 2 is 1.33 bits per heavy atom. The molecule has 3 N–H and O–H groups in total. The molecule has 0 aromatic heterocycles. The van der Waals surface area contributed by atoms with E-state index in [1.807, 2.05) is 30.3 Å². The molecule has 0 saturated heterocycles. The molecule has 1 atom stereocenters. The van der Waals surface area contributed by atoms with Crippen LogP contribution < -0.4 is 32.9 Å². The Morgan fingerprint density at radius 3 is 1.91 bits per heavy atom. The molecule has 260 valence electrons. The van der Waals surface area contributed by atoms with Gasteiger partial charge >= 0.3 is 6.09 Å². The van der Waals surface area contributed by atoms with Crippen LogP contribution in [0.5, 0.6) is 0 Å². The number of thiocarbonyl (C=S) groups is 1. The number of unbranched alkanes of at least 4 members (excludes halogenated alkanes) is 11. The van der Waals surface area contributed by atoms with Crippen molar-refractivity contribution in [1.29, 1.82) is 0 Å². The topological polar surface area (TPSA) is 79.5 Å². The van der Waals surface area contributed by atoms with Gasteiger partial charge < -0.3 is 42.2 Å². The van der Waals surface area contributed by atoms with Gasteiger partial charge in [-0.25, -0.2) is 4.79 Å². The summed E-state index contributed by atoms with van der Waals surface area (Å²) in [5.74, 6) is -0.150. The molecule has 0 aliphatic carbocycles. The number of alkyl carbamates (subject to hydrolysis) is 1. The van der Waals surface area contributed by atoms with E-state index in [-0.39, 0.29) is 29.5 Å². The lowest BCUT2D eigenvalue weighted by molar-refractivity contribution is -0.922. The number of carbonyl (C=O) groups is 2. The molecular formula is C36H65BrN4O3S. The Bertz CT molecular complexity index is 878. The smallest absolute Gasteiger partial charge is 0.408 e. The number of quaternary nitrogens is 1. The van der Waals surface area contributed by atoms with Gasteiger partial charge in [0.15, 0.2) is 0 Å². The van der Waals surface area contributed by atoms with Crippen LogP contribution in [0.1, 0.15) is 130 Å². The lowest BCUT2D eigenvalue weighted by Gasteiger charge is -2.36. The molecule has 45 heavy (non-hydrogen) atoms. The number of ether oxygens (including phenoxy) is 1. The van der Waals surface area contributed by atoms with Gasteiger partial charge in [-0.05, 0) is 58.4 Å². The van der Waals surface area contributed by atoms with Gasteiger partial charge in [-0.3, -0.25) is 4.79 Å². The Balaban J connectivity index is 0.0000194. The van der Waals surface area contributed by atoms with Gasteiger partial charge in [0.1, 0.15) is 12.6 Å². The lowest BCUT2D eigenvalue weighted by Crippen LogP contribution is -3.00. The van der Waals surface area contributed by atoms with Crippen LogP contribution in [-0.2, 0) is 16.1 Å². The molecule has 1 aromatic carbocycles. The number of hydrogen-bond acceptors (Lipinski definition) is 4. The summed E-state index contributed by atoms with van der Waals surface area (Å²) in [4.78, 5) is 26.6. The van der Waals surface area contributed by atoms with Crippen molar-refractivity contribution >= 4 is 29.2 Å². The maximum atomic E-state index is 13.1. The second-order valence-corrected chi connectivity index (χ2v) is 12.7. The van der Waals surface area contributed by atoms with Crippen LogP contribution in [0.3, 0.4) is 0 Å². The molecular weight excluding hydrogens is 648 g/mol. The molecule has 0 saturated carbocycles. The van der Waals surface area contributed by atoms with Gasteiger partial charge in [0, 0.05) is 6.54 Å². The summed E-state index contributed by atoms with van der Waals surface area (Å²) in [6.07, 6.45) is 17.3. The fourth-order valence-electron chi connectivity index (χ4n) is 5.60. The van der Waals surface area contributed by atoms with E-state index in [2.05, 4.69) is 43.6 Å². The molecule has 1 rings (SSSR count). The van der Waals surface area contributed by atoms with Crippen LogP contribution in [0.15, 0.2) is 30.3 Å². The van der Waals surface area contributed by atoms with Gasteiger partial charge in [-0.1, -0.05) is 114 Å². The van der Waals surface area contributed by atoms with Crippen LogP contribution in [-0.4, -0.2) is 66.8 Å². The summed E-state index contributed by atoms with van der Waals surface area (Å²) in [6, 6.07) is 8.93. The van der Waals surface area contributed by atoms with Gasteiger partial charge in [0.05, 0.1) is 37.7 Å². The number of benzene rings is 1. The van der Waals surface area contributed by atoms with Crippen LogP contribution in [0.4, 0.5) is 4.79 Å². The fraction of sp³-hybridized carbons (Fsp3) is 0.750. The normalized spacial score (nSPS) is 11.7. The van der Waals surface area contributed by atoms with Crippen molar-refractivity contribution in [3.05, 3.63) is 35.9 Å². The van der Waals surface area contributed by atoms with Gasteiger partial charge in [0.25, 0.3) is 0 Å². The van der Waals surface area contributed by atoms with Crippen LogP contribution in [0.25, 0.3) is 0 Å². The maximum Gasteiger partial charge on any atom is 0.408 e. The molecule has 9 heteroatoms. The van der Waals surface area contributed by atoms with E-state index >= 15 is 0 Å². The second kappa shape index (κ2) is 28.5. The Labute approximate surface area is 291 Å². The van der Waals surface area contributed by atoms with Crippen molar-refractivity contribution in [3.63, 3.8) is 0 Å². The Kier molecular flexibility index (Phi) is 27.4. The molecule has 1 aromatic rings. The van der Waals surface area contributed by atoms with E-state index in [1.54, 1.807) is 0 Å². The molecule has 0 aliphatic heterocycles. The summed E-state index contributed by atoms with van der Waals surface area (Å²) < 4.78 is 6.37.